The van der Waals surface area contributed by atoms with E-state index < -0.39 is 0 Å². The molecule has 2 atom stereocenters. The number of aliphatic hydroxyl groups excluding tert-OH is 1. The normalized spacial score (nSPS) is 24.5. The first-order valence-corrected chi connectivity index (χ1v) is 9.60. The van der Waals surface area contributed by atoms with E-state index in [9.17, 15) is 9.90 Å². The summed E-state index contributed by atoms with van der Waals surface area (Å²) in [6.07, 6.45) is 3.31. The summed E-state index contributed by atoms with van der Waals surface area (Å²) in [5.41, 5.74) is 2.59. The fourth-order valence-electron chi connectivity index (χ4n) is 3.90. The van der Waals surface area contributed by atoms with Gasteiger partial charge in [-0.25, -0.2) is 0 Å². The van der Waals surface area contributed by atoms with Gasteiger partial charge < -0.3 is 15.3 Å². The third-order valence-electron chi connectivity index (χ3n) is 5.57. The number of hydrogen-bond acceptors (Lipinski definition) is 4. The molecule has 25 heavy (non-hydrogen) atoms. The van der Waals surface area contributed by atoms with Gasteiger partial charge in [0.15, 0.2) is 0 Å². The van der Waals surface area contributed by atoms with E-state index in [1.54, 1.807) is 0 Å². The standard InChI is InChI=1S/C20H31N3O2/c1-16-4-2-6-18(14-16)23-12-10-22(11-13-23)9-8-20(25)21-15-17-5-3-7-19(17)24/h2,4,6,14,17,19,24H,3,5,7-13,15H2,1H3,(H,21,25). The van der Waals surface area contributed by atoms with Gasteiger partial charge in [0.05, 0.1) is 6.10 Å². The lowest BCUT2D eigenvalue weighted by Crippen LogP contribution is -2.47. The fraction of sp³-hybridized carbons (Fsp3) is 0.650. The van der Waals surface area contributed by atoms with Crippen LogP contribution in [-0.2, 0) is 4.79 Å². The largest absolute Gasteiger partial charge is 0.393 e. The Labute approximate surface area is 151 Å². The minimum atomic E-state index is -0.227. The Morgan fingerprint density at radius 1 is 1.24 bits per heavy atom. The number of amides is 1. The molecule has 2 fully saturated rings. The fourth-order valence-corrected chi connectivity index (χ4v) is 3.90. The zero-order valence-electron chi connectivity index (χ0n) is 15.3. The number of carbonyl (C=O) groups is 1. The minimum absolute atomic E-state index is 0.111. The summed E-state index contributed by atoms with van der Waals surface area (Å²) in [7, 11) is 0. The number of nitrogens with one attached hydrogen (secondary N) is 1. The molecule has 1 amide bonds. The van der Waals surface area contributed by atoms with Crippen LogP contribution in [0.4, 0.5) is 5.69 Å². The van der Waals surface area contributed by atoms with Crippen LogP contribution in [0.25, 0.3) is 0 Å². The molecule has 3 rings (SSSR count). The first-order chi connectivity index (χ1) is 12.1. The number of nitrogens with zero attached hydrogens (tertiary/aromatic N) is 2. The summed E-state index contributed by atoms with van der Waals surface area (Å²) < 4.78 is 0. The predicted molar refractivity (Wildman–Crippen MR) is 101 cm³/mol. The Balaban J connectivity index is 1.34. The molecule has 1 aliphatic heterocycles. The highest BCUT2D eigenvalue weighted by atomic mass is 16.3. The number of benzene rings is 1. The van der Waals surface area contributed by atoms with Crippen LogP contribution >= 0.6 is 0 Å². The molecule has 2 unspecified atom stereocenters. The number of carbonyl (C=O) groups excluding carboxylic acids is 1. The molecule has 5 nitrogen and oxygen atoms in total. The average Bonchev–Trinajstić information content (AvgIpc) is 3.03. The van der Waals surface area contributed by atoms with Gasteiger partial charge in [-0.2, -0.15) is 0 Å². The van der Waals surface area contributed by atoms with Gasteiger partial charge in [0.1, 0.15) is 0 Å². The number of aliphatic hydroxyl groups is 1. The molecule has 1 aliphatic carbocycles. The van der Waals surface area contributed by atoms with Crippen molar-refractivity contribution in [3.63, 3.8) is 0 Å². The van der Waals surface area contributed by atoms with Crippen LogP contribution in [0.15, 0.2) is 24.3 Å². The number of hydrogen-bond donors (Lipinski definition) is 2. The lowest BCUT2D eigenvalue weighted by atomic mass is 10.1. The Hall–Kier alpha value is -1.59. The zero-order chi connectivity index (χ0) is 17.6. The van der Waals surface area contributed by atoms with Crippen LogP contribution in [0, 0.1) is 12.8 Å². The van der Waals surface area contributed by atoms with Crippen LogP contribution < -0.4 is 10.2 Å². The molecular weight excluding hydrogens is 314 g/mol. The molecule has 5 heteroatoms. The van der Waals surface area contributed by atoms with E-state index in [0.717, 1.165) is 52.0 Å². The van der Waals surface area contributed by atoms with Crippen LogP contribution in [0.5, 0.6) is 0 Å². The van der Waals surface area contributed by atoms with Crippen molar-refractivity contribution < 1.29 is 9.90 Å². The van der Waals surface area contributed by atoms with Crippen LogP contribution in [-0.4, -0.2) is 61.3 Å². The van der Waals surface area contributed by atoms with Gasteiger partial charge in [0.25, 0.3) is 0 Å². The molecule has 2 aliphatic rings. The van der Waals surface area contributed by atoms with E-state index in [1.807, 2.05) is 0 Å². The third kappa shape index (κ3) is 5.19. The molecule has 1 aromatic rings. The lowest BCUT2D eigenvalue weighted by molar-refractivity contribution is -0.121. The van der Waals surface area contributed by atoms with E-state index in [-0.39, 0.29) is 17.9 Å². The smallest absolute Gasteiger partial charge is 0.221 e. The minimum Gasteiger partial charge on any atom is -0.393 e. The second-order valence-electron chi connectivity index (χ2n) is 7.48. The van der Waals surface area contributed by atoms with Gasteiger partial charge in [0.2, 0.25) is 5.91 Å². The highest BCUT2D eigenvalue weighted by molar-refractivity contribution is 5.76. The SMILES string of the molecule is Cc1cccc(N2CCN(CCC(=O)NCC3CCCC3O)CC2)c1. The van der Waals surface area contributed by atoms with Crippen molar-refractivity contribution in [2.45, 2.75) is 38.7 Å². The molecule has 1 saturated heterocycles. The summed E-state index contributed by atoms with van der Waals surface area (Å²) in [6, 6.07) is 8.65. The van der Waals surface area contributed by atoms with Crippen molar-refractivity contribution in [2.75, 3.05) is 44.2 Å². The molecule has 2 N–H and O–H groups in total. The molecule has 1 saturated carbocycles. The van der Waals surface area contributed by atoms with Crippen LogP contribution in [0.1, 0.15) is 31.2 Å². The van der Waals surface area contributed by atoms with Gasteiger partial charge in [-0.3, -0.25) is 9.69 Å². The maximum atomic E-state index is 12.0. The highest BCUT2D eigenvalue weighted by Crippen LogP contribution is 2.24. The summed E-state index contributed by atoms with van der Waals surface area (Å²) in [4.78, 5) is 16.8. The van der Waals surface area contributed by atoms with Gasteiger partial charge >= 0.3 is 0 Å². The second-order valence-corrected chi connectivity index (χ2v) is 7.48. The van der Waals surface area contributed by atoms with Crippen LogP contribution in [0.3, 0.4) is 0 Å². The molecule has 1 heterocycles. The van der Waals surface area contributed by atoms with Gasteiger partial charge in [0, 0.05) is 57.3 Å². The molecule has 0 radical (unpaired) electrons. The highest BCUT2D eigenvalue weighted by Gasteiger charge is 2.25. The Kier molecular flexibility index (Phi) is 6.32. The van der Waals surface area contributed by atoms with Crippen molar-refractivity contribution in [1.82, 2.24) is 10.2 Å². The molecular formula is C20H31N3O2. The van der Waals surface area contributed by atoms with Crippen molar-refractivity contribution >= 4 is 11.6 Å². The van der Waals surface area contributed by atoms with Crippen molar-refractivity contribution in [2.24, 2.45) is 5.92 Å². The zero-order valence-corrected chi connectivity index (χ0v) is 15.3. The lowest BCUT2D eigenvalue weighted by Gasteiger charge is -2.36. The molecule has 1 aromatic carbocycles. The third-order valence-corrected chi connectivity index (χ3v) is 5.57. The molecule has 0 spiro atoms. The Morgan fingerprint density at radius 2 is 2.04 bits per heavy atom. The quantitative estimate of drug-likeness (QED) is 0.825. The summed E-state index contributed by atoms with van der Waals surface area (Å²) >= 11 is 0. The van der Waals surface area contributed by atoms with Crippen LogP contribution in [0.2, 0.25) is 0 Å². The van der Waals surface area contributed by atoms with E-state index in [4.69, 9.17) is 0 Å². The first kappa shape index (κ1) is 18.2. The predicted octanol–water partition coefficient (Wildman–Crippen LogP) is 1.78. The monoisotopic (exact) mass is 345 g/mol. The van der Waals surface area contributed by atoms with E-state index >= 15 is 0 Å². The van der Waals surface area contributed by atoms with Gasteiger partial charge in [-0.05, 0) is 37.5 Å². The number of anilines is 1. The molecule has 0 aromatic heterocycles. The maximum Gasteiger partial charge on any atom is 0.221 e. The number of aryl methyl sites for hydroxylation is 1. The molecule has 138 valence electrons. The topological polar surface area (TPSA) is 55.8 Å². The first-order valence-electron chi connectivity index (χ1n) is 9.60. The number of piperazine rings is 1. The summed E-state index contributed by atoms with van der Waals surface area (Å²) in [6.45, 7) is 7.61. The van der Waals surface area contributed by atoms with Crippen molar-refractivity contribution in [1.29, 1.82) is 0 Å². The van der Waals surface area contributed by atoms with Gasteiger partial charge in [-0.1, -0.05) is 18.6 Å². The molecule has 0 bridgehead atoms. The van der Waals surface area contributed by atoms with Gasteiger partial charge in [-0.15, -0.1) is 0 Å². The average molecular weight is 345 g/mol. The Bertz CT molecular complexity index is 570. The summed E-state index contributed by atoms with van der Waals surface area (Å²) in [5, 5.41) is 12.8. The second kappa shape index (κ2) is 8.68. The van der Waals surface area contributed by atoms with Crippen molar-refractivity contribution in [3.8, 4) is 0 Å². The van der Waals surface area contributed by atoms with E-state index in [0.29, 0.717) is 13.0 Å². The summed E-state index contributed by atoms with van der Waals surface area (Å²) in [5.74, 6) is 0.363. The van der Waals surface area contributed by atoms with E-state index in [1.165, 1.54) is 11.3 Å². The maximum absolute atomic E-state index is 12.0. The number of rotatable bonds is 6. The van der Waals surface area contributed by atoms with Crippen molar-refractivity contribution in [3.05, 3.63) is 29.8 Å². The van der Waals surface area contributed by atoms with E-state index in [2.05, 4.69) is 46.3 Å². The Morgan fingerprint density at radius 3 is 2.72 bits per heavy atom.